The van der Waals surface area contributed by atoms with Gasteiger partial charge in [0.2, 0.25) is 11.8 Å². The Bertz CT molecular complexity index is 1500. The second-order valence-corrected chi connectivity index (χ2v) is 11.6. The first-order valence-corrected chi connectivity index (χ1v) is 13.3. The number of carbonyl (C=O) groups excluding carboxylic acids is 4. The molecule has 11 heteroatoms. The molecule has 3 fully saturated rings. The average Bonchev–Trinajstić information content (AvgIpc) is 3.24. The maximum Gasteiger partial charge on any atom is 0.258 e. The summed E-state index contributed by atoms with van der Waals surface area (Å²) in [5, 5.41) is 9.83. The highest BCUT2D eigenvalue weighted by Crippen LogP contribution is 2.65. The topological polar surface area (TPSA) is 95.0 Å². The largest absolute Gasteiger partial charge is 0.505 e. The molecule has 202 valence electrons. The second kappa shape index (κ2) is 8.60. The van der Waals surface area contributed by atoms with Gasteiger partial charge in [-0.25, -0.2) is 13.7 Å². The van der Waals surface area contributed by atoms with Crippen LogP contribution >= 0.6 is 23.2 Å². The molecule has 2 aromatic rings. The summed E-state index contributed by atoms with van der Waals surface area (Å²) >= 11 is 14.3. The number of rotatable bonds is 3. The number of hydrogen-bond acceptors (Lipinski definition) is 5. The van der Waals surface area contributed by atoms with Gasteiger partial charge in [0.05, 0.1) is 17.5 Å². The molecule has 2 aromatic carbocycles. The molecule has 2 aliphatic carbocycles. The molecule has 1 saturated carbocycles. The summed E-state index contributed by atoms with van der Waals surface area (Å²) in [5.41, 5.74) is 0.732. The van der Waals surface area contributed by atoms with Gasteiger partial charge in [-0.05, 0) is 67.6 Å². The second-order valence-electron chi connectivity index (χ2n) is 10.4. The van der Waals surface area contributed by atoms with Crippen LogP contribution in [0.3, 0.4) is 0 Å². The van der Waals surface area contributed by atoms with Crippen molar-refractivity contribution in [1.82, 2.24) is 4.90 Å². The fourth-order valence-corrected chi connectivity index (χ4v) is 7.79. The smallest absolute Gasteiger partial charge is 0.258 e. The number of carbonyl (C=O) groups is 4. The predicted octanol–water partition coefficient (Wildman–Crippen LogP) is 4.25. The number of imide groups is 2. The molecule has 0 unspecified atom stereocenters. The molecule has 7 nitrogen and oxygen atoms in total. The number of benzene rings is 2. The number of likely N-dealkylation sites (tertiary alicyclic amines) is 1. The van der Waals surface area contributed by atoms with Gasteiger partial charge in [0, 0.05) is 12.5 Å². The minimum atomic E-state index is -2.16. The number of aromatic hydroxyl groups is 1. The van der Waals surface area contributed by atoms with Crippen LogP contribution in [0.4, 0.5) is 14.5 Å². The van der Waals surface area contributed by atoms with Crippen molar-refractivity contribution >= 4 is 52.5 Å². The van der Waals surface area contributed by atoms with Crippen LogP contribution in [0.5, 0.6) is 5.75 Å². The monoisotopic (exact) mass is 574 g/mol. The van der Waals surface area contributed by atoms with Gasteiger partial charge in [-0.1, -0.05) is 17.7 Å². The summed E-state index contributed by atoms with van der Waals surface area (Å²) in [4.78, 5) is 52.3. The first-order valence-electron chi connectivity index (χ1n) is 12.5. The Balaban J connectivity index is 1.57. The van der Waals surface area contributed by atoms with Crippen LogP contribution in [0.15, 0.2) is 54.1 Å². The molecular weight excluding hydrogens is 553 g/mol. The fraction of sp³-hybridized carbons (Fsp3) is 0.357. The molecule has 6 rings (SSSR count). The summed E-state index contributed by atoms with van der Waals surface area (Å²) in [5.74, 6) is -8.03. The predicted molar refractivity (Wildman–Crippen MR) is 137 cm³/mol. The van der Waals surface area contributed by atoms with E-state index in [-0.39, 0.29) is 36.5 Å². The van der Waals surface area contributed by atoms with Crippen molar-refractivity contribution in [3.63, 3.8) is 0 Å². The molecule has 2 heterocycles. The molecule has 4 aliphatic rings. The number of alkyl halides is 2. The van der Waals surface area contributed by atoms with Crippen molar-refractivity contribution in [2.24, 2.45) is 17.8 Å². The molecule has 39 heavy (non-hydrogen) atoms. The van der Waals surface area contributed by atoms with Crippen molar-refractivity contribution in [3.8, 4) is 5.75 Å². The normalized spacial score (nSPS) is 33.7. The van der Waals surface area contributed by atoms with Crippen LogP contribution in [-0.2, 0) is 19.2 Å². The van der Waals surface area contributed by atoms with Crippen LogP contribution in [-0.4, -0.2) is 49.9 Å². The lowest BCUT2D eigenvalue weighted by atomic mass is 9.56. The van der Waals surface area contributed by atoms with E-state index in [1.54, 1.807) is 13.0 Å². The number of allylic oxidation sites excluding steroid dienone is 2. The van der Waals surface area contributed by atoms with Crippen LogP contribution < -0.4 is 4.90 Å². The lowest BCUT2D eigenvalue weighted by Crippen LogP contribution is -2.60. The van der Waals surface area contributed by atoms with Gasteiger partial charge >= 0.3 is 0 Å². The standard InChI is InChI=1S/C28H22Cl2F2N2O5/c1-2-33-23(36)17-9-8-16-18(21(17)24(33)37)12-27(29)25(38)34(15-6-4-14(31)5-7-15)26(39)28(27,30)22(16)13-3-10-20(35)19(32)11-13/h3-8,10-11,17-18,21-22,35H,2,9,12H2,1H3/t17-,18+,21-,22-,27+,28-/m0/s1. The third-order valence-corrected chi connectivity index (χ3v) is 10.0. The lowest BCUT2D eigenvalue weighted by molar-refractivity contribution is -0.140. The Morgan fingerprint density at radius 1 is 0.974 bits per heavy atom. The maximum absolute atomic E-state index is 14.7. The van der Waals surface area contributed by atoms with E-state index in [4.69, 9.17) is 23.2 Å². The third-order valence-electron chi connectivity index (χ3n) is 8.61. The van der Waals surface area contributed by atoms with E-state index >= 15 is 0 Å². The highest BCUT2D eigenvalue weighted by atomic mass is 35.5. The van der Waals surface area contributed by atoms with E-state index in [9.17, 15) is 33.1 Å². The molecule has 4 amide bonds. The van der Waals surface area contributed by atoms with Crippen LogP contribution in [0, 0.1) is 29.4 Å². The van der Waals surface area contributed by atoms with E-state index in [1.165, 1.54) is 23.1 Å². The van der Waals surface area contributed by atoms with Crippen molar-refractivity contribution in [1.29, 1.82) is 0 Å². The van der Waals surface area contributed by atoms with E-state index in [0.717, 1.165) is 29.2 Å². The number of phenolic OH excluding ortho intramolecular Hbond substituents is 1. The number of amides is 4. The molecule has 2 aliphatic heterocycles. The first kappa shape index (κ1) is 26.0. The summed E-state index contributed by atoms with van der Waals surface area (Å²) < 4.78 is 28.3. The average molecular weight is 575 g/mol. The Hall–Kier alpha value is -3.30. The molecule has 0 spiro atoms. The van der Waals surface area contributed by atoms with Gasteiger partial charge < -0.3 is 5.11 Å². The minimum absolute atomic E-state index is 0.0515. The van der Waals surface area contributed by atoms with E-state index in [1.807, 2.05) is 0 Å². The zero-order valence-corrected chi connectivity index (χ0v) is 22.0. The molecule has 0 aromatic heterocycles. The highest BCUT2D eigenvalue weighted by Gasteiger charge is 2.76. The lowest BCUT2D eigenvalue weighted by Gasteiger charge is -2.50. The van der Waals surface area contributed by atoms with Gasteiger partial charge in [-0.2, -0.15) is 0 Å². The first-order chi connectivity index (χ1) is 18.5. The van der Waals surface area contributed by atoms with E-state index in [0.29, 0.717) is 5.57 Å². The molecule has 6 atom stereocenters. The molecule has 0 radical (unpaired) electrons. The number of fused-ring (bicyclic) bond motifs is 4. The van der Waals surface area contributed by atoms with Crippen LogP contribution in [0.1, 0.15) is 31.2 Å². The van der Waals surface area contributed by atoms with Gasteiger partial charge in [0.1, 0.15) is 5.82 Å². The van der Waals surface area contributed by atoms with Crippen LogP contribution in [0.2, 0.25) is 0 Å². The Morgan fingerprint density at radius 3 is 2.31 bits per heavy atom. The fourth-order valence-electron chi connectivity index (χ4n) is 6.85. The molecule has 2 saturated heterocycles. The Kier molecular flexibility index (Phi) is 5.72. The summed E-state index contributed by atoms with van der Waals surface area (Å²) in [6.07, 6.45) is 1.71. The SMILES string of the molecule is CCN1C(=O)[C@H]2[C@H](CC=C3[C@H]2C[C@@]2(Cl)C(=O)N(c4ccc(F)cc4)C(=O)[C@@]2(Cl)[C@H]3c2ccc(O)c(F)c2)C1=O. The van der Waals surface area contributed by atoms with E-state index < -0.39 is 68.5 Å². The third kappa shape index (κ3) is 3.26. The zero-order valence-electron chi connectivity index (χ0n) is 20.5. The van der Waals surface area contributed by atoms with Crippen molar-refractivity contribution in [3.05, 3.63) is 71.3 Å². The zero-order chi connectivity index (χ0) is 28.0. The van der Waals surface area contributed by atoms with Gasteiger partial charge in [0.15, 0.2) is 21.3 Å². The molecular formula is C28H22Cl2F2N2O5. The number of halogens is 4. The minimum Gasteiger partial charge on any atom is -0.505 e. The quantitative estimate of drug-likeness (QED) is 0.336. The van der Waals surface area contributed by atoms with Crippen molar-refractivity contribution in [2.75, 3.05) is 11.4 Å². The van der Waals surface area contributed by atoms with Gasteiger partial charge in [0.25, 0.3) is 11.8 Å². The molecule has 0 bridgehead atoms. The van der Waals surface area contributed by atoms with E-state index in [2.05, 4.69) is 0 Å². The number of nitrogens with zero attached hydrogens (tertiary/aromatic N) is 2. The number of hydrogen-bond donors (Lipinski definition) is 1. The highest BCUT2D eigenvalue weighted by molar-refractivity contribution is 6.58. The number of phenols is 1. The molecule has 1 N–H and O–H groups in total. The van der Waals surface area contributed by atoms with Gasteiger partial charge in [-0.3, -0.25) is 24.1 Å². The Labute approximate surface area is 232 Å². The van der Waals surface area contributed by atoms with Gasteiger partial charge in [-0.15, -0.1) is 23.2 Å². The number of anilines is 1. The Morgan fingerprint density at radius 2 is 1.67 bits per heavy atom. The summed E-state index contributed by atoms with van der Waals surface area (Å²) in [6, 6.07) is 8.19. The van der Waals surface area contributed by atoms with Crippen LogP contribution in [0.25, 0.3) is 0 Å². The summed E-state index contributed by atoms with van der Waals surface area (Å²) in [6.45, 7) is 1.87. The summed E-state index contributed by atoms with van der Waals surface area (Å²) in [7, 11) is 0. The van der Waals surface area contributed by atoms with Crippen molar-refractivity contribution in [2.45, 2.75) is 35.4 Å². The van der Waals surface area contributed by atoms with Crippen molar-refractivity contribution < 1.29 is 33.1 Å². The maximum atomic E-state index is 14.7.